The number of nitrogens with two attached hydrogens (primary N) is 1. The Morgan fingerprint density at radius 3 is 1.07 bits per heavy atom. The number of rotatable bonds is 29. The molecule has 1 heterocycles. The molecule has 1 unspecified atom stereocenters. The van der Waals surface area contributed by atoms with Gasteiger partial charge < -0.3 is 34.9 Å². The zero-order valence-corrected chi connectivity index (χ0v) is 84.2. The van der Waals surface area contributed by atoms with Gasteiger partial charge in [0.2, 0.25) is 10.4 Å². The number of hydrazone groups is 2. The van der Waals surface area contributed by atoms with Crippen LogP contribution < -0.4 is 35.5 Å². The number of ketones is 2. The maximum Gasteiger partial charge on any atom is 0.643 e. The highest BCUT2D eigenvalue weighted by Gasteiger charge is 2.24. The summed E-state index contributed by atoms with van der Waals surface area (Å²) < 4.78 is 20.5. The summed E-state index contributed by atoms with van der Waals surface area (Å²) in [4.78, 5) is 84.8. The number of aliphatic carboxylic acids is 2. The smallest absolute Gasteiger partial charge is 0.497 e. The molecule has 0 bridgehead atoms. The molecule has 0 spiro atoms. The molecule has 0 aliphatic rings. The third kappa shape index (κ3) is 36.7. The van der Waals surface area contributed by atoms with Crippen LogP contribution >= 0.6 is 109 Å². The summed E-state index contributed by atoms with van der Waals surface area (Å²) in [5.41, 5.74) is 25.5. The van der Waals surface area contributed by atoms with Gasteiger partial charge >= 0.3 is 23.3 Å². The van der Waals surface area contributed by atoms with E-state index in [1.54, 1.807) is 52.7 Å². The van der Waals surface area contributed by atoms with Crippen molar-refractivity contribution in [1.29, 1.82) is 0 Å². The number of ether oxygens (including phenoxy) is 4. The van der Waals surface area contributed by atoms with E-state index in [-0.39, 0.29) is 79.9 Å². The zero-order chi connectivity index (χ0) is 99.0. The molecule has 14 aromatic carbocycles. The second kappa shape index (κ2) is 58.8. The van der Waals surface area contributed by atoms with Crippen molar-refractivity contribution in [2.75, 3.05) is 33.9 Å². The van der Waals surface area contributed by atoms with Crippen LogP contribution in [0.25, 0.3) is 66.2 Å². The Morgan fingerprint density at radius 2 is 0.730 bits per heavy atom. The summed E-state index contributed by atoms with van der Waals surface area (Å²) in [5.74, 6) is 0.624. The molecule has 1 aromatic heterocycles. The minimum absolute atomic E-state index is 0.0415. The van der Waals surface area contributed by atoms with Crippen LogP contribution in [0.5, 0.6) is 23.0 Å². The number of hydrogen-bond donors (Lipinski definition) is 5. The van der Waals surface area contributed by atoms with Crippen molar-refractivity contribution in [3.63, 3.8) is 0 Å². The van der Waals surface area contributed by atoms with Gasteiger partial charge in [0.15, 0.2) is 16.7 Å². The predicted octanol–water partition coefficient (Wildman–Crippen LogP) is 26.8. The van der Waals surface area contributed by atoms with Crippen LogP contribution in [0.2, 0.25) is 0 Å². The number of carbonyl (C=O) groups is 5. The number of halogens is 7. The maximum atomic E-state index is 12.7. The van der Waals surface area contributed by atoms with E-state index in [4.69, 9.17) is 76.5 Å². The highest BCUT2D eigenvalue weighted by molar-refractivity contribution is 9.93. The Balaban J connectivity index is 0.000000209. The number of anilines is 1. The third-order valence-corrected chi connectivity index (χ3v) is 21.7. The lowest BCUT2D eigenvalue weighted by atomic mass is 9.99. The summed E-state index contributed by atoms with van der Waals surface area (Å²) in [6.45, 7) is 0. The number of nitro benzene ring substituents is 2. The number of carboxylic acids is 2. The molecular formula is C104H88AlBr3Cl4N8O15S2. The zero-order valence-electron chi connectivity index (χ0n) is 73.7. The topological polar surface area (TPSA) is 337 Å². The maximum absolute atomic E-state index is 12.7. The average molecular weight is 2160 g/mol. The van der Waals surface area contributed by atoms with Crippen LogP contribution in [-0.4, -0.2) is 110 Å². The van der Waals surface area contributed by atoms with Gasteiger partial charge in [-0.25, -0.2) is 44.7 Å². The number of carboxylic acid groups (broad SMARTS) is 2. The van der Waals surface area contributed by atoms with Crippen LogP contribution in [0.15, 0.2) is 380 Å². The van der Waals surface area contributed by atoms with E-state index in [1.165, 1.54) is 58.9 Å². The lowest BCUT2D eigenvalue weighted by Crippen LogP contribution is -2.28. The lowest BCUT2D eigenvalue weighted by Gasteiger charge is -2.11. The van der Waals surface area contributed by atoms with Gasteiger partial charge in [0.25, 0.3) is 11.4 Å². The van der Waals surface area contributed by atoms with Crippen LogP contribution in [0.1, 0.15) is 53.4 Å². The molecule has 33 heteroatoms. The van der Waals surface area contributed by atoms with E-state index in [1.807, 2.05) is 237 Å². The number of nitro groups is 2. The lowest BCUT2D eigenvalue weighted by molar-refractivity contribution is -0.385. The van der Waals surface area contributed by atoms with Gasteiger partial charge in [-0.1, -0.05) is 325 Å². The number of nitrogens with one attached hydrogen (secondary N) is 2. The van der Waals surface area contributed by atoms with E-state index < -0.39 is 33.2 Å². The van der Waals surface area contributed by atoms with Crippen molar-refractivity contribution >= 4 is 183 Å². The molecule has 0 fully saturated rings. The molecule has 698 valence electrons. The summed E-state index contributed by atoms with van der Waals surface area (Å²) in [6.07, 6.45) is 0.215. The predicted molar refractivity (Wildman–Crippen MR) is 567 cm³/mol. The molecule has 0 radical (unpaired) electrons. The second-order valence-electron chi connectivity index (χ2n) is 28.5. The number of thiocarbonyl (C=S) groups is 1. The quantitative estimate of drug-likeness (QED) is 0.00425. The first-order chi connectivity index (χ1) is 66.2. The van der Waals surface area contributed by atoms with Gasteiger partial charge in [-0.15, -0.1) is 0 Å². The number of hydrogen-bond acceptors (Lipinski definition) is 19. The van der Waals surface area contributed by atoms with E-state index >= 15 is 0 Å². The Labute approximate surface area is 847 Å². The molecule has 23 nitrogen and oxygen atoms in total. The minimum Gasteiger partial charge on any atom is -0.497 e. The first kappa shape index (κ1) is 109. The molecule has 1 atom stereocenters. The van der Waals surface area contributed by atoms with Crippen LogP contribution in [-0.2, 0) is 40.1 Å². The number of thiazole rings is 1. The molecule has 0 aliphatic carbocycles. The van der Waals surface area contributed by atoms with Gasteiger partial charge in [-0.3, -0.25) is 45.5 Å². The van der Waals surface area contributed by atoms with Gasteiger partial charge in [-0.2, -0.15) is 10.2 Å². The van der Waals surface area contributed by atoms with Crippen LogP contribution in [0.3, 0.4) is 0 Å². The Hall–Kier alpha value is -13.4. The number of nitrogens with zero attached hydrogens (tertiary/aromatic N) is 5. The Bertz CT molecular complexity index is 6410. The molecule has 0 saturated heterocycles. The second-order valence-corrected chi connectivity index (χ2v) is 37.7. The van der Waals surface area contributed by atoms with Gasteiger partial charge in [0, 0.05) is 93.9 Å². The molecular weight excluding hydrogens is 2070 g/mol. The molecule has 0 saturated carbocycles. The number of aromatic nitrogens is 1. The molecule has 6 N–H and O–H groups in total. The monoisotopic (exact) mass is 2160 g/mol. The van der Waals surface area contributed by atoms with Gasteiger partial charge in [0.05, 0.1) is 48.9 Å². The Kier molecular flexibility index (Phi) is 46.8. The van der Waals surface area contributed by atoms with Gasteiger partial charge in [-0.05, 0) is 151 Å². The number of para-hydroxylation sites is 2. The van der Waals surface area contributed by atoms with Crippen molar-refractivity contribution in [2.45, 2.75) is 30.5 Å². The number of carbonyl (C=O) groups excluding carboxylic acids is 3. The molecule has 137 heavy (non-hydrogen) atoms. The fourth-order valence-electron chi connectivity index (χ4n) is 12.8. The van der Waals surface area contributed by atoms with Crippen molar-refractivity contribution < 1.29 is 63.0 Å². The highest BCUT2D eigenvalue weighted by atomic mass is 80.9. The van der Waals surface area contributed by atoms with Crippen molar-refractivity contribution in [3.05, 3.63) is 429 Å². The standard InChI is InChI=1S/C31H24N4O5S.C21H17BrO2.C21H18O2.C12H10.C10H10N4O4S.C9H9ClO2.Al.Br2.3ClH/c1-40-25-17-15-23(16-18-25)29-28(22-13-11-21(12-14-22)20-7-3-2-4-8-20)32-31(41-29)34-33-26(30(36)37)19-24-9-5-6-10-27(24)35(38)39;1-24-19-13-11-17(12-14-19)20(22)21(23)18-9-7-16(8-10-18)15-5-3-2-4-6-15;1-23-20-13-7-16(8-14-20)15-21(22)19-11-9-18(10-12-19)17-5-3-2-4-6-17;1-3-7-11(8-4-1)12-9-5-2-6-10-12;11-10(19)13-12-7(9(15)16)5-6-3-1-2-4-8(6)14(17)18;1-12-8-4-2-7(3-5-8)6-9(10)11;;1-2;;;/h2-18H,19H2,1H3,(H,32,34)(H,36,37);2-14,20H,1H3;2-14H,15H2,1H3;1-10H;1-4H,5H2,(H,15,16)(H3,11,13,19);2-5H,6H2,1H3;;;3*1H/q;;;;;;+3;;;;/p-3/b33-26+;;;;12-7+;;;;;;. The number of Topliss-reactive ketones (excluding diaryl/α,β-unsaturated/α-hetero) is 2. The third-order valence-electron chi connectivity index (χ3n) is 19.6. The first-order valence-corrected chi connectivity index (χ1v) is 52.6. The van der Waals surface area contributed by atoms with E-state index in [0.29, 0.717) is 22.8 Å². The minimum atomic E-state index is -1.72. The first-order valence-electron chi connectivity index (χ1n) is 41.2. The number of methoxy groups -OCH3 is 4. The Morgan fingerprint density at radius 1 is 0.431 bits per heavy atom. The van der Waals surface area contributed by atoms with E-state index in [0.717, 1.165) is 94.6 Å². The fraction of sp³-hybridized carbons (Fsp3) is 0.0865. The summed E-state index contributed by atoms with van der Waals surface area (Å²) in [6, 6.07) is 116. The normalized spacial score (nSPS) is 10.6. The highest BCUT2D eigenvalue weighted by Crippen LogP contribution is 2.41. The molecule has 15 rings (SSSR count). The van der Waals surface area contributed by atoms with Crippen molar-refractivity contribution in [1.82, 2.24) is 10.4 Å². The number of benzene rings is 14. The SMILES string of the molecule is BrBr.COc1ccc(-c2sc(N/N=C(\Cc3ccccc3[N+](=O)[O-])C(=O)O)nc2-c2ccc(-c3ccccc3)cc2)cc1.COc1ccc(C(Br)C(=O)c2ccc(-c3ccccc3)cc2)cc1.COc1ccc(CC(=O)Cl)cc1.COc1ccc(CC(=O)c2ccc(-c3ccccc3)cc2)cc1.NC(=S)N/N=C(\Cc1ccccc1[N+](=O)[O-])C(=O)O.[Cl][Al]([Cl])[Cl].c1ccc(-c2ccccc2)cc1. The average Bonchev–Trinajstić information content (AvgIpc) is 1.62. The fourth-order valence-corrected chi connectivity index (χ4v) is 14.5. The molecule has 0 aliphatic heterocycles. The van der Waals surface area contributed by atoms with Gasteiger partial charge in [0.1, 0.15) is 39.2 Å². The van der Waals surface area contributed by atoms with Crippen LogP contribution in [0.4, 0.5) is 16.5 Å². The van der Waals surface area contributed by atoms with Crippen LogP contribution in [0, 0.1) is 20.2 Å². The summed E-state index contributed by atoms with van der Waals surface area (Å²) >= 11 is 18.3. The number of alkyl halides is 1. The molecule has 15 aromatic rings. The van der Waals surface area contributed by atoms with Crippen molar-refractivity contribution in [3.8, 4) is 89.2 Å². The summed E-state index contributed by atoms with van der Waals surface area (Å²) in [5, 5.41) is 48.3. The molecule has 0 amide bonds. The van der Waals surface area contributed by atoms with E-state index in [2.05, 4.69) is 150 Å². The largest absolute Gasteiger partial charge is 0.643 e. The van der Waals surface area contributed by atoms with Crippen molar-refractivity contribution in [2.24, 2.45) is 15.9 Å². The van der Waals surface area contributed by atoms with E-state index in [9.17, 15) is 49.3 Å². The summed E-state index contributed by atoms with van der Waals surface area (Å²) in [7, 11) is 21.3.